The van der Waals surface area contributed by atoms with Gasteiger partial charge < -0.3 is 0 Å². The number of rotatable bonds is 10. The van der Waals surface area contributed by atoms with Gasteiger partial charge in [0.25, 0.3) is 0 Å². The summed E-state index contributed by atoms with van der Waals surface area (Å²) < 4.78 is 0. The first-order chi connectivity index (χ1) is 26.4. The lowest BCUT2D eigenvalue weighted by molar-refractivity contribution is 0.430. The lowest BCUT2D eigenvalue weighted by atomic mass is 9.80. The third-order valence-corrected chi connectivity index (χ3v) is 12.4. The molecule has 0 saturated heterocycles. The maximum absolute atomic E-state index is 2.44. The van der Waals surface area contributed by atoms with Gasteiger partial charge in [-0.1, -0.05) is 184 Å². The molecular weight excluding hydrogens is 649 g/mol. The Morgan fingerprint density at radius 1 is 0.370 bits per heavy atom. The first-order valence-corrected chi connectivity index (χ1v) is 20.7. The minimum Gasteiger partial charge on any atom is -0.0622 e. The van der Waals surface area contributed by atoms with Crippen molar-refractivity contribution in [2.24, 2.45) is 11.8 Å². The van der Waals surface area contributed by atoms with E-state index in [1.807, 2.05) is 0 Å². The molecule has 0 spiro atoms. The molecule has 54 heavy (non-hydrogen) atoms. The van der Waals surface area contributed by atoms with Gasteiger partial charge in [-0.3, -0.25) is 0 Å². The van der Waals surface area contributed by atoms with Crippen LogP contribution in [0.4, 0.5) is 0 Å². The van der Waals surface area contributed by atoms with Crippen LogP contribution in [0.3, 0.4) is 0 Å². The molecule has 274 valence electrons. The number of allylic oxidation sites excluding steroid dienone is 2. The Kier molecular flexibility index (Phi) is 12.4. The molecule has 0 aromatic heterocycles. The van der Waals surface area contributed by atoms with Crippen molar-refractivity contribution in [2.45, 2.75) is 91.9 Å². The van der Waals surface area contributed by atoms with E-state index in [2.05, 4.69) is 173 Å². The molecule has 0 N–H and O–H groups in total. The van der Waals surface area contributed by atoms with E-state index in [4.69, 9.17) is 0 Å². The van der Waals surface area contributed by atoms with Crippen molar-refractivity contribution in [1.29, 1.82) is 0 Å². The van der Waals surface area contributed by atoms with Crippen LogP contribution in [-0.2, 0) is 0 Å². The van der Waals surface area contributed by atoms with E-state index in [1.165, 1.54) is 142 Å². The van der Waals surface area contributed by atoms with Crippen LogP contribution >= 0.6 is 0 Å². The highest BCUT2D eigenvalue weighted by Crippen LogP contribution is 2.38. The van der Waals surface area contributed by atoms with Gasteiger partial charge in [0, 0.05) is 0 Å². The minimum absolute atomic E-state index is 0.656. The normalized spacial score (nSPS) is 16.4. The van der Waals surface area contributed by atoms with Crippen molar-refractivity contribution < 1.29 is 0 Å². The molecule has 0 atom stereocenters. The zero-order valence-corrected chi connectivity index (χ0v) is 33.1. The standard InChI is InChI=1S/C54H58/c1-39-40(2)52(36-34-44-27-31-46(32-28-44)38-54(49-21-13-7-14-22-49)50-23-15-8-16-24-50)42(4)41(3)51(39)35-33-43-25-29-45(30-26-43)37-53(47-17-9-5-10-18-47)48-19-11-6-12-20-48/h5,7,9-10,13-14,17-18,21-22,25-38,48,50H,6,8,11-12,15-16,19-20,23-24H2,1-4H3. The highest BCUT2D eigenvalue weighted by molar-refractivity contribution is 5.85. The van der Waals surface area contributed by atoms with Crippen molar-refractivity contribution in [3.05, 3.63) is 176 Å². The summed E-state index contributed by atoms with van der Waals surface area (Å²) in [4.78, 5) is 0. The van der Waals surface area contributed by atoms with Crippen molar-refractivity contribution in [2.75, 3.05) is 0 Å². The number of hydrogen-bond acceptors (Lipinski definition) is 0. The molecule has 0 bridgehead atoms. The Morgan fingerprint density at radius 2 is 0.685 bits per heavy atom. The quantitative estimate of drug-likeness (QED) is 0.127. The molecule has 0 radical (unpaired) electrons. The Bertz CT molecular complexity index is 1920. The predicted octanol–water partition coefficient (Wildman–Crippen LogP) is 15.5. The molecule has 2 aliphatic rings. The average molecular weight is 707 g/mol. The second kappa shape index (κ2) is 17.9. The third-order valence-electron chi connectivity index (χ3n) is 12.4. The zero-order valence-electron chi connectivity index (χ0n) is 33.1. The summed E-state index contributed by atoms with van der Waals surface area (Å²) in [6, 6.07) is 40.3. The second-order valence-electron chi connectivity index (χ2n) is 15.9. The monoisotopic (exact) mass is 706 g/mol. The smallest absolute Gasteiger partial charge is 0.0156 e. The van der Waals surface area contributed by atoms with Gasteiger partial charge in [-0.15, -0.1) is 0 Å². The van der Waals surface area contributed by atoms with Gasteiger partial charge in [-0.05, 0) is 143 Å². The lowest BCUT2D eigenvalue weighted by Gasteiger charge is -2.25. The van der Waals surface area contributed by atoms with Crippen LogP contribution in [0.5, 0.6) is 0 Å². The number of benzene rings is 5. The van der Waals surface area contributed by atoms with Crippen LogP contribution in [0, 0.1) is 39.5 Å². The molecule has 0 unspecified atom stereocenters. The largest absolute Gasteiger partial charge is 0.0622 e. The molecule has 0 heteroatoms. The Labute approximate surface area is 326 Å². The molecular formula is C54H58. The number of hydrogen-bond donors (Lipinski definition) is 0. The first-order valence-electron chi connectivity index (χ1n) is 20.7. The summed E-state index contributed by atoms with van der Waals surface area (Å²) in [7, 11) is 0. The first kappa shape index (κ1) is 37.4. The molecule has 7 rings (SSSR count). The lowest BCUT2D eigenvalue weighted by Crippen LogP contribution is -2.08. The van der Waals surface area contributed by atoms with Gasteiger partial charge in [-0.25, -0.2) is 0 Å². The highest BCUT2D eigenvalue weighted by Gasteiger charge is 2.20. The van der Waals surface area contributed by atoms with E-state index in [0.717, 1.165) is 0 Å². The summed E-state index contributed by atoms with van der Waals surface area (Å²) in [5, 5.41) is 0. The van der Waals surface area contributed by atoms with E-state index >= 15 is 0 Å². The fourth-order valence-electron chi connectivity index (χ4n) is 8.96. The second-order valence-corrected chi connectivity index (χ2v) is 15.9. The zero-order chi connectivity index (χ0) is 37.3. The molecule has 2 aliphatic carbocycles. The summed E-state index contributed by atoms with van der Waals surface area (Å²) in [5.41, 5.74) is 18.9. The van der Waals surface area contributed by atoms with E-state index in [1.54, 1.807) is 0 Å². The van der Waals surface area contributed by atoms with E-state index < -0.39 is 0 Å². The van der Waals surface area contributed by atoms with Crippen LogP contribution in [0.15, 0.2) is 109 Å². The van der Waals surface area contributed by atoms with Gasteiger partial charge in [0.1, 0.15) is 0 Å². The SMILES string of the molecule is Cc1c(C)c(C=Cc2ccc(C=C(c3ccccc3)C3CCCCC3)cc2)c(C)c(C)c1C=Cc1ccc(C=C(c2ccccc2)C2CCCCC2)cc1. The maximum atomic E-state index is 2.44. The van der Waals surface area contributed by atoms with Gasteiger partial charge in [0.2, 0.25) is 0 Å². The van der Waals surface area contributed by atoms with E-state index in [-0.39, 0.29) is 0 Å². The van der Waals surface area contributed by atoms with Gasteiger partial charge in [0.15, 0.2) is 0 Å². The van der Waals surface area contributed by atoms with Crippen molar-refractivity contribution in [3.63, 3.8) is 0 Å². The molecule has 5 aromatic carbocycles. The van der Waals surface area contributed by atoms with E-state index in [9.17, 15) is 0 Å². The Morgan fingerprint density at radius 3 is 1.02 bits per heavy atom. The van der Waals surface area contributed by atoms with Gasteiger partial charge in [0.05, 0.1) is 0 Å². The van der Waals surface area contributed by atoms with Crippen LogP contribution in [-0.4, -0.2) is 0 Å². The Hall–Kier alpha value is -4.94. The van der Waals surface area contributed by atoms with Crippen LogP contribution < -0.4 is 0 Å². The van der Waals surface area contributed by atoms with Crippen LogP contribution in [0.1, 0.15) is 131 Å². The molecule has 5 aromatic rings. The van der Waals surface area contributed by atoms with Crippen LogP contribution in [0.2, 0.25) is 0 Å². The van der Waals surface area contributed by atoms with Gasteiger partial charge in [-0.2, -0.15) is 0 Å². The molecule has 0 heterocycles. The fourth-order valence-corrected chi connectivity index (χ4v) is 8.96. The average Bonchev–Trinajstić information content (AvgIpc) is 3.23. The summed E-state index contributed by atoms with van der Waals surface area (Å²) in [6.45, 7) is 9.11. The van der Waals surface area contributed by atoms with Crippen molar-refractivity contribution in [3.8, 4) is 0 Å². The topological polar surface area (TPSA) is 0 Å². The van der Waals surface area contributed by atoms with Crippen molar-refractivity contribution in [1.82, 2.24) is 0 Å². The molecule has 0 aliphatic heterocycles. The summed E-state index contributed by atoms with van der Waals surface area (Å²) in [5.74, 6) is 1.31. The molecule has 0 nitrogen and oxygen atoms in total. The summed E-state index contributed by atoms with van der Waals surface area (Å²) in [6.07, 6.45) is 27.4. The maximum Gasteiger partial charge on any atom is -0.0156 e. The van der Waals surface area contributed by atoms with E-state index in [0.29, 0.717) is 11.8 Å². The van der Waals surface area contributed by atoms with Crippen molar-refractivity contribution >= 4 is 47.6 Å². The Balaban J connectivity index is 1.07. The van der Waals surface area contributed by atoms with Crippen LogP contribution in [0.25, 0.3) is 47.6 Å². The summed E-state index contributed by atoms with van der Waals surface area (Å²) >= 11 is 0. The molecule has 0 amide bonds. The highest BCUT2D eigenvalue weighted by atomic mass is 14.3. The predicted molar refractivity (Wildman–Crippen MR) is 238 cm³/mol. The van der Waals surface area contributed by atoms with Gasteiger partial charge >= 0.3 is 0 Å². The molecule has 2 fully saturated rings. The fraction of sp³-hybridized carbons (Fsp3) is 0.296. The third kappa shape index (κ3) is 9.05. The molecule has 2 saturated carbocycles. The minimum atomic E-state index is 0.656.